The van der Waals surface area contributed by atoms with Crippen molar-refractivity contribution in [3.05, 3.63) is 283 Å². The molecule has 386 valence electrons. The number of carbonyl (C=O) groups is 3. The van der Waals surface area contributed by atoms with E-state index in [1.807, 2.05) is 72.8 Å². The molecule has 0 unspecified atom stereocenters. The molecule has 0 amide bonds. The maximum absolute atomic E-state index is 15.2. The van der Waals surface area contributed by atoms with Crippen molar-refractivity contribution >= 4 is 91.5 Å². The van der Waals surface area contributed by atoms with Gasteiger partial charge in [0.2, 0.25) is 0 Å². The van der Waals surface area contributed by atoms with Crippen LogP contribution in [0.1, 0.15) is 51.8 Å². The van der Waals surface area contributed by atoms with Crippen molar-refractivity contribution in [1.29, 1.82) is 0 Å². The normalized spacial score (nSPS) is 11.2. The van der Waals surface area contributed by atoms with Crippen LogP contribution in [0.2, 0.25) is 0 Å². The van der Waals surface area contributed by atoms with Crippen LogP contribution in [0.5, 0.6) is 0 Å². The molecule has 0 aliphatic heterocycles. The number of hydrogen-bond donors (Lipinski definition) is 0. The molecule has 78 heavy (non-hydrogen) atoms. The summed E-state index contributed by atoms with van der Waals surface area (Å²) in [6.07, 6.45) is -2.82. The van der Waals surface area contributed by atoms with Crippen LogP contribution in [0.4, 0.5) is 17.6 Å². The Morgan fingerprint density at radius 2 is 0.487 bits per heavy atom. The van der Waals surface area contributed by atoms with E-state index in [0.29, 0.717) is 16.7 Å². The van der Waals surface area contributed by atoms with Crippen LogP contribution in [0, 0.1) is 23.3 Å². The minimum Gasteiger partial charge on any atom is -0.295 e. The highest BCUT2D eigenvalue weighted by molar-refractivity contribution is 8.00. The zero-order chi connectivity index (χ0) is 54.8. The molecule has 0 fully saturated rings. The van der Waals surface area contributed by atoms with Gasteiger partial charge in [-0.15, -0.1) is 0 Å². The second-order valence-corrected chi connectivity index (χ2v) is 23.7. The van der Waals surface area contributed by atoms with E-state index in [1.54, 1.807) is 80.3 Å². The second-order valence-electron chi connectivity index (χ2n) is 18.2. The summed E-state index contributed by atoms with van der Waals surface area (Å²) in [5.74, 6) is -2.46. The molecule has 10 aromatic carbocycles. The molecule has 12 heteroatoms. The van der Waals surface area contributed by atoms with Crippen LogP contribution in [0.3, 0.4) is 0 Å². The molecule has 0 atom stereocenters. The SMILES string of the molecule is CC(=O)c1ccc(Sc2ccc([S+](c3ccc(Sc4ccc(C(C)=O)cc4)cc3)c3ccc(Sc4ccc(C(C)=O)cc4)cc3)cc2)cc1.Fc1ccccc1[B-](c1ccccc1F)(c1ccccc1F)c1ccccc1F. The van der Waals surface area contributed by atoms with Crippen LogP contribution in [0.25, 0.3) is 0 Å². The largest absolute Gasteiger partial charge is 0.295 e. The fraction of sp³-hybridized carbons (Fsp3) is 0.0455. The Morgan fingerprint density at radius 3 is 0.679 bits per heavy atom. The van der Waals surface area contributed by atoms with Gasteiger partial charge in [0.25, 0.3) is 0 Å². The van der Waals surface area contributed by atoms with E-state index in [9.17, 15) is 14.4 Å². The maximum Gasteiger partial charge on any atom is 0.166 e. The molecule has 3 nitrogen and oxygen atoms in total. The molecular weight excluding hydrogens is 1060 g/mol. The molecule has 0 saturated heterocycles. The first-order valence-corrected chi connectivity index (χ1v) is 28.5. The number of halogens is 4. The van der Waals surface area contributed by atoms with E-state index in [1.165, 1.54) is 87.5 Å². The van der Waals surface area contributed by atoms with Crippen LogP contribution in [-0.4, -0.2) is 23.5 Å². The van der Waals surface area contributed by atoms with Crippen molar-refractivity contribution in [3.63, 3.8) is 0 Å². The van der Waals surface area contributed by atoms with Crippen molar-refractivity contribution in [3.8, 4) is 0 Å². The van der Waals surface area contributed by atoms with Crippen LogP contribution in [0.15, 0.2) is 287 Å². The molecule has 10 aromatic rings. The third-order valence-electron chi connectivity index (χ3n) is 13.2. The lowest BCUT2D eigenvalue weighted by atomic mass is 9.12. The summed E-state index contributed by atoms with van der Waals surface area (Å²) in [6, 6.07) is 72.5. The molecule has 0 heterocycles. The number of Topliss-reactive ketones (excluding diaryl/α,β-unsaturated/α-hetero) is 3. The number of ketones is 3. The van der Waals surface area contributed by atoms with Crippen molar-refractivity contribution in [1.82, 2.24) is 0 Å². The van der Waals surface area contributed by atoms with Gasteiger partial charge in [-0.05, 0) is 154 Å². The van der Waals surface area contributed by atoms with Gasteiger partial charge in [-0.2, -0.15) is 21.9 Å². The predicted molar refractivity (Wildman–Crippen MR) is 313 cm³/mol. The summed E-state index contributed by atoms with van der Waals surface area (Å²) in [6.45, 7) is 4.75. The topological polar surface area (TPSA) is 51.2 Å². The number of hydrogen-bond acceptors (Lipinski definition) is 6. The van der Waals surface area contributed by atoms with E-state index < -0.39 is 29.4 Å². The number of rotatable bonds is 16. The first kappa shape index (κ1) is 55.2. The molecule has 0 N–H and O–H groups in total. The Balaban J connectivity index is 0.000000216. The van der Waals surface area contributed by atoms with E-state index in [4.69, 9.17) is 0 Å². The molecule has 0 saturated carbocycles. The first-order valence-electron chi connectivity index (χ1n) is 24.8. The molecular formula is C66H49BF4O3S4. The molecule has 0 aliphatic carbocycles. The second kappa shape index (κ2) is 25.2. The van der Waals surface area contributed by atoms with Gasteiger partial charge in [0, 0.05) is 46.1 Å². The summed E-state index contributed by atoms with van der Waals surface area (Å²) >= 11 is 5.04. The monoisotopic (exact) mass is 1100 g/mol. The van der Waals surface area contributed by atoms with Gasteiger partial charge >= 0.3 is 0 Å². The van der Waals surface area contributed by atoms with Crippen molar-refractivity contribution in [2.24, 2.45) is 0 Å². The summed E-state index contributed by atoms with van der Waals surface area (Å²) < 4.78 is 60.7. The van der Waals surface area contributed by atoms with Crippen molar-refractivity contribution < 1.29 is 31.9 Å². The summed E-state index contributed by atoms with van der Waals surface area (Å²) in [5, 5.41) is 0. The average Bonchev–Trinajstić information content (AvgIpc) is 3.46. The van der Waals surface area contributed by atoms with E-state index >= 15 is 17.6 Å². The Kier molecular flexibility index (Phi) is 17.9. The quantitative estimate of drug-likeness (QED) is 0.0416. The van der Waals surface area contributed by atoms with Crippen LogP contribution in [-0.2, 0) is 10.9 Å². The van der Waals surface area contributed by atoms with E-state index in [-0.39, 0.29) is 50.1 Å². The van der Waals surface area contributed by atoms with Gasteiger partial charge in [-0.25, -0.2) is 17.6 Å². The highest BCUT2D eigenvalue weighted by atomic mass is 32.2. The van der Waals surface area contributed by atoms with Gasteiger partial charge in [-0.1, -0.05) is 144 Å². The molecule has 0 spiro atoms. The Morgan fingerprint density at radius 1 is 0.295 bits per heavy atom. The summed E-state index contributed by atoms with van der Waals surface area (Å²) in [4.78, 5) is 45.4. The smallest absolute Gasteiger partial charge is 0.166 e. The Bertz CT molecular complexity index is 3300. The fourth-order valence-electron chi connectivity index (χ4n) is 9.33. The first-order chi connectivity index (χ1) is 37.8. The van der Waals surface area contributed by atoms with Gasteiger partial charge in [0.05, 0.1) is 34.2 Å². The van der Waals surface area contributed by atoms with E-state index in [2.05, 4.69) is 72.8 Å². The molecule has 0 aliphatic rings. The van der Waals surface area contributed by atoms with Crippen molar-refractivity contribution in [2.45, 2.75) is 64.8 Å². The molecule has 10 rings (SSSR count). The lowest BCUT2D eigenvalue weighted by Crippen LogP contribution is -2.77. The van der Waals surface area contributed by atoms with Gasteiger partial charge in [-0.3, -0.25) is 14.4 Å². The fourth-order valence-corrected chi connectivity index (χ4v) is 13.8. The highest BCUT2D eigenvalue weighted by Crippen LogP contribution is 2.38. The van der Waals surface area contributed by atoms with Gasteiger partial charge in [0.1, 0.15) is 6.15 Å². The zero-order valence-corrected chi connectivity index (χ0v) is 45.8. The number of carbonyl (C=O) groups excluding carboxylic acids is 3. The lowest BCUT2D eigenvalue weighted by molar-refractivity contribution is 0.100. The average molecular weight is 1110 g/mol. The third kappa shape index (κ3) is 12.7. The minimum atomic E-state index is -2.82. The summed E-state index contributed by atoms with van der Waals surface area (Å²) in [5.41, 5.74) is 2.24. The molecule has 0 aromatic heterocycles. The predicted octanol–water partition coefficient (Wildman–Crippen LogP) is 15.5. The van der Waals surface area contributed by atoms with E-state index in [0.717, 1.165) is 29.4 Å². The summed E-state index contributed by atoms with van der Waals surface area (Å²) in [7, 11) is -0.344. The van der Waals surface area contributed by atoms with Gasteiger partial charge in [0.15, 0.2) is 32.0 Å². The van der Waals surface area contributed by atoms with Crippen LogP contribution < -0.4 is 21.9 Å². The van der Waals surface area contributed by atoms with Gasteiger partial charge < -0.3 is 0 Å². The Labute approximate surface area is 467 Å². The van der Waals surface area contributed by atoms with Crippen molar-refractivity contribution in [2.75, 3.05) is 0 Å². The van der Waals surface area contributed by atoms with Crippen LogP contribution >= 0.6 is 35.3 Å². The standard InChI is InChI=1S/C42H33O3S4.C24H16BF4/c1-28(43)31-4-10-34(11-5-31)46-37-16-22-40(23-17-37)49(41-24-18-38(19-25-41)47-35-12-6-32(7-13-35)29(2)44)42-26-20-39(21-27-42)48-36-14-8-33(9-15-36)30(3)45;26-21-13-5-1-9-17(21)25(18-10-2-6-14-22(18)27,19-11-3-7-15-23(19)28)20-12-4-8-16-24(20)29/h4-27H,1-3H3;1-16H/q+1;-1. The molecule has 0 radical (unpaired) electrons. The highest BCUT2D eigenvalue weighted by Gasteiger charge is 2.39. The molecule has 0 bridgehead atoms. The third-order valence-corrected chi connectivity index (χ3v) is 18.4. The lowest BCUT2D eigenvalue weighted by Gasteiger charge is -2.44. The number of benzene rings is 10. The Hall–Kier alpha value is -7.61. The maximum atomic E-state index is 15.2. The zero-order valence-electron chi connectivity index (χ0n) is 42.5. The minimum absolute atomic E-state index is 0.0211.